The van der Waals surface area contributed by atoms with Crippen LogP contribution < -0.4 is 10.4 Å². The van der Waals surface area contributed by atoms with Gasteiger partial charge in [-0.15, -0.1) is 0 Å². The molecule has 2 aliphatic rings. The Bertz CT molecular complexity index is 952. The van der Waals surface area contributed by atoms with Crippen molar-refractivity contribution in [3.05, 3.63) is 41.4 Å². The van der Waals surface area contributed by atoms with E-state index in [1.165, 1.54) is 21.8 Å². The second kappa shape index (κ2) is 9.40. The number of sulfonamides is 1. The van der Waals surface area contributed by atoms with E-state index in [-0.39, 0.29) is 5.91 Å². The standard InChI is InChI=1S/C19H24N4O5S2/c24-18(21-28-17-8-4-5-13-27-17)16-14-20-19(29-16)22-9-11-23(12-10-22)30(25,26)15-6-2-1-3-7-15/h1-3,6-7,14,17H,4-5,8-13H2,(H,21,24). The molecule has 1 amide bonds. The van der Waals surface area contributed by atoms with Crippen LogP contribution in [0.4, 0.5) is 5.13 Å². The first-order valence-electron chi connectivity index (χ1n) is 9.87. The van der Waals surface area contributed by atoms with Crippen molar-refractivity contribution in [1.82, 2.24) is 14.8 Å². The lowest BCUT2D eigenvalue weighted by atomic mass is 10.2. The van der Waals surface area contributed by atoms with Gasteiger partial charge in [0.05, 0.1) is 11.1 Å². The number of carbonyl (C=O) groups is 1. The van der Waals surface area contributed by atoms with Crippen molar-refractivity contribution in [3.8, 4) is 0 Å². The van der Waals surface area contributed by atoms with Crippen LogP contribution in [0.15, 0.2) is 41.4 Å². The molecule has 3 heterocycles. The number of ether oxygens (including phenoxy) is 1. The van der Waals surface area contributed by atoms with E-state index >= 15 is 0 Å². The minimum absolute atomic E-state index is 0.300. The molecule has 1 atom stereocenters. The number of benzene rings is 1. The van der Waals surface area contributed by atoms with Crippen LogP contribution in [0.25, 0.3) is 0 Å². The molecular weight excluding hydrogens is 428 g/mol. The quantitative estimate of drug-likeness (QED) is 0.668. The Morgan fingerprint density at radius 3 is 2.63 bits per heavy atom. The number of rotatable bonds is 6. The second-order valence-corrected chi connectivity index (χ2v) is 10.0. The van der Waals surface area contributed by atoms with Crippen LogP contribution in [-0.2, 0) is 19.6 Å². The average molecular weight is 453 g/mol. The third kappa shape index (κ3) is 4.81. The van der Waals surface area contributed by atoms with Crippen LogP contribution in [0.3, 0.4) is 0 Å². The largest absolute Gasteiger partial charge is 0.350 e. The molecule has 0 radical (unpaired) electrons. The maximum absolute atomic E-state index is 12.7. The number of amides is 1. The van der Waals surface area contributed by atoms with Crippen molar-refractivity contribution in [2.24, 2.45) is 0 Å². The smallest absolute Gasteiger partial charge is 0.286 e. The van der Waals surface area contributed by atoms with E-state index in [1.807, 2.05) is 4.90 Å². The van der Waals surface area contributed by atoms with Gasteiger partial charge in [-0.1, -0.05) is 29.5 Å². The molecular formula is C19H24N4O5S2. The van der Waals surface area contributed by atoms with Gasteiger partial charge < -0.3 is 9.64 Å². The molecule has 162 valence electrons. The summed E-state index contributed by atoms with van der Waals surface area (Å²) in [5, 5.41) is 0.686. The highest BCUT2D eigenvalue weighted by Gasteiger charge is 2.29. The summed E-state index contributed by atoms with van der Waals surface area (Å²) in [4.78, 5) is 24.7. The van der Waals surface area contributed by atoms with E-state index in [4.69, 9.17) is 9.57 Å². The maximum atomic E-state index is 12.7. The zero-order valence-corrected chi connectivity index (χ0v) is 18.0. The number of anilines is 1. The Kier molecular flexibility index (Phi) is 6.64. The van der Waals surface area contributed by atoms with Gasteiger partial charge >= 0.3 is 0 Å². The monoisotopic (exact) mass is 452 g/mol. The summed E-state index contributed by atoms with van der Waals surface area (Å²) in [6.45, 7) is 2.37. The van der Waals surface area contributed by atoms with E-state index < -0.39 is 16.3 Å². The fourth-order valence-corrected chi connectivity index (χ4v) is 5.65. The van der Waals surface area contributed by atoms with Gasteiger partial charge in [0.1, 0.15) is 4.88 Å². The molecule has 11 heteroatoms. The SMILES string of the molecule is O=C(NOC1CCCCO1)c1cnc(N2CCN(S(=O)(=O)c3ccccc3)CC2)s1. The predicted molar refractivity (Wildman–Crippen MR) is 112 cm³/mol. The van der Waals surface area contributed by atoms with E-state index in [9.17, 15) is 13.2 Å². The number of nitrogens with zero attached hydrogens (tertiary/aromatic N) is 3. The molecule has 0 saturated carbocycles. The lowest BCUT2D eigenvalue weighted by Crippen LogP contribution is -2.48. The van der Waals surface area contributed by atoms with Crippen LogP contribution in [0, 0.1) is 0 Å². The number of hydrogen-bond donors (Lipinski definition) is 1. The lowest BCUT2D eigenvalue weighted by molar-refractivity contribution is -0.186. The summed E-state index contributed by atoms with van der Waals surface area (Å²) >= 11 is 1.25. The van der Waals surface area contributed by atoms with Gasteiger partial charge in [0.25, 0.3) is 5.91 Å². The normalized spacial score (nSPS) is 20.8. The number of piperazine rings is 1. The van der Waals surface area contributed by atoms with Gasteiger partial charge in [0.2, 0.25) is 10.0 Å². The summed E-state index contributed by atoms with van der Waals surface area (Å²) < 4.78 is 32.4. The molecule has 0 aliphatic carbocycles. The first kappa shape index (κ1) is 21.2. The molecule has 2 saturated heterocycles. The molecule has 0 spiro atoms. The van der Waals surface area contributed by atoms with E-state index in [0.717, 1.165) is 19.3 Å². The van der Waals surface area contributed by atoms with Gasteiger partial charge in [-0.2, -0.15) is 4.31 Å². The summed E-state index contributed by atoms with van der Waals surface area (Å²) in [6.07, 6.45) is 3.87. The van der Waals surface area contributed by atoms with E-state index in [0.29, 0.717) is 47.7 Å². The van der Waals surface area contributed by atoms with Crippen molar-refractivity contribution in [3.63, 3.8) is 0 Å². The Hall–Kier alpha value is -2.05. The molecule has 9 nitrogen and oxygen atoms in total. The number of hydrogen-bond acceptors (Lipinski definition) is 8. The molecule has 30 heavy (non-hydrogen) atoms. The molecule has 1 N–H and O–H groups in total. The molecule has 1 aromatic carbocycles. The fraction of sp³-hybridized carbons (Fsp3) is 0.474. The summed E-state index contributed by atoms with van der Waals surface area (Å²) in [5.74, 6) is -0.363. The summed E-state index contributed by atoms with van der Waals surface area (Å²) in [6, 6.07) is 8.44. The Morgan fingerprint density at radius 1 is 1.17 bits per heavy atom. The highest BCUT2D eigenvalue weighted by molar-refractivity contribution is 7.89. The van der Waals surface area contributed by atoms with Crippen molar-refractivity contribution < 1.29 is 22.8 Å². The summed E-state index contributed by atoms with van der Waals surface area (Å²) in [5.41, 5.74) is 2.43. The Balaban J connectivity index is 1.31. The molecule has 4 rings (SSSR count). The Morgan fingerprint density at radius 2 is 1.93 bits per heavy atom. The maximum Gasteiger partial charge on any atom is 0.286 e. The predicted octanol–water partition coefficient (Wildman–Crippen LogP) is 1.84. The number of aromatic nitrogens is 1. The zero-order chi connectivity index (χ0) is 21.0. The van der Waals surface area contributed by atoms with Crippen molar-refractivity contribution >= 4 is 32.4 Å². The van der Waals surface area contributed by atoms with Gasteiger partial charge in [0.15, 0.2) is 11.4 Å². The van der Waals surface area contributed by atoms with E-state index in [2.05, 4.69) is 10.5 Å². The molecule has 2 aromatic rings. The van der Waals surface area contributed by atoms with Gasteiger partial charge in [0, 0.05) is 39.2 Å². The van der Waals surface area contributed by atoms with Crippen LogP contribution in [0.1, 0.15) is 28.9 Å². The minimum atomic E-state index is -3.50. The molecule has 0 bridgehead atoms. The number of nitrogens with one attached hydrogen (secondary N) is 1. The van der Waals surface area contributed by atoms with Crippen LogP contribution >= 0.6 is 11.3 Å². The summed E-state index contributed by atoms with van der Waals surface area (Å²) in [7, 11) is -3.50. The zero-order valence-electron chi connectivity index (χ0n) is 16.4. The van der Waals surface area contributed by atoms with Crippen molar-refractivity contribution in [1.29, 1.82) is 0 Å². The average Bonchev–Trinajstić information content (AvgIpc) is 3.29. The van der Waals surface area contributed by atoms with E-state index in [1.54, 1.807) is 30.3 Å². The Labute approximate surface area is 179 Å². The molecule has 1 aromatic heterocycles. The van der Waals surface area contributed by atoms with Crippen LogP contribution in [0.2, 0.25) is 0 Å². The van der Waals surface area contributed by atoms with Gasteiger partial charge in [-0.05, 0) is 25.0 Å². The van der Waals surface area contributed by atoms with Gasteiger partial charge in [-0.3, -0.25) is 4.79 Å². The molecule has 2 fully saturated rings. The lowest BCUT2D eigenvalue weighted by Gasteiger charge is -2.33. The molecule has 1 unspecified atom stereocenters. The van der Waals surface area contributed by atoms with Gasteiger partial charge in [-0.25, -0.2) is 23.7 Å². The van der Waals surface area contributed by atoms with Crippen molar-refractivity contribution in [2.75, 3.05) is 37.7 Å². The first-order chi connectivity index (χ1) is 14.5. The van der Waals surface area contributed by atoms with Crippen molar-refractivity contribution in [2.45, 2.75) is 30.4 Å². The number of hydroxylamine groups is 1. The first-order valence-corrected chi connectivity index (χ1v) is 12.1. The molecule has 2 aliphatic heterocycles. The number of carbonyl (C=O) groups excluding carboxylic acids is 1. The topological polar surface area (TPSA) is 101 Å². The third-order valence-corrected chi connectivity index (χ3v) is 8.00. The van der Waals surface area contributed by atoms with Crippen LogP contribution in [0.5, 0.6) is 0 Å². The second-order valence-electron chi connectivity index (χ2n) is 7.06. The highest BCUT2D eigenvalue weighted by Crippen LogP contribution is 2.25. The minimum Gasteiger partial charge on any atom is -0.350 e. The van der Waals surface area contributed by atoms with Crippen LogP contribution in [-0.4, -0.2) is 62.7 Å². The third-order valence-electron chi connectivity index (χ3n) is 5.03. The fourth-order valence-electron chi connectivity index (χ4n) is 3.35. The highest BCUT2D eigenvalue weighted by atomic mass is 32.2. The number of thiazole rings is 1.